The lowest BCUT2D eigenvalue weighted by molar-refractivity contribution is 0.0985. The van der Waals surface area contributed by atoms with Gasteiger partial charge in [0.25, 0.3) is 0 Å². The zero-order chi connectivity index (χ0) is 13.4. The number of para-hydroxylation sites is 1. The highest BCUT2D eigenvalue weighted by atomic mass is 16.5. The van der Waals surface area contributed by atoms with E-state index in [4.69, 9.17) is 4.74 Å². The number of rotatable bonds is 2. The van der Waals surface area contributed by atoms with Crippen molar-refractivity contribution in [3.8, 4) is 5.75 Å². The Morgan fingerprint density at radius 1 is 1.25 bits per heavy atom. The maximum atomic E-state index is 5.88. The number of nitrogens with zero attached hydrogens (tertiary/aromatic N) is 2. The lowest BCUT2D eigenvalue weighted by atomic mass is 10.1. The molecule has 1 aromatic carbocycles. The number of hydrogen-bond acceptors (Lipinski definition) is 4. The molecular formula is C16H23N3O. The molecule has 3 aliphatic rings. The van der Waals surface area contributed by atoms with Crippen molar-refractivity contribution in [2.24, 2.45) is 0 Å². The molecule has 0 spiro atoms. The van der Waals surface area contributed by atoms with Crippen LogP contribution in [0.2, 0.25) is 0 Å². The summed E-state index contributed by atoms with van der Waals surface area (Å²) >= 11 is 0. The van der Waals surface area contributed by atoms with Gasteiger partial charge in [-0.2, -0.15) is 0 Å². The molecule has 0 saturated carbocycles. The molecular weight excluding hydrogens is 250 g/mol. The predicted molar refractivity (Wildman–Crippen MR) is 80.3 cm³/mol. The van der Waals surface area contributed by atoms with Crippen molar-refractivity contribution in [3.63, 3.8) is 0 Å². The molecule has 0 aromatic heterocycles. The molecule has 4 rings (SSSR count). The highest BCUT2D eigenvalue weighted by Crippen LogP contribution is 2.32. The van der Waals surface area contributed by atoms with Crippen molar-refractivity contribution in [1.29, 1.82) is 0 Å². The summed E-state index contributed by atoms with van der Waals surface area (Å²) in [6.45, 7) is 7.67. The Bertz CT molecular complexity index is 491. The van der Waals surface area contributed by atoms with Crippen LogP contribution in [0.15, 0.2) is 18.2 Å². The van der Waals surface area contributed by atoms with Crippen LogP contribution in [0.5, 0.6) is 5.75 Å². The van der Waals surface area contributed by atoms with Crippen molar-refractivity contribution in [2.75, 3.05) is 44.6 Å². The lowest BCUT2D eigenvalue weighted by Gasteiger charge is -2.37. The van der Waals surface area contributed by atoms with E-state index < -0.39 is 0 Å². The molecule has 4 heteroatoms. The van der Waals surface area contributed by atoms with E-state index in [9.17, 15) is 0 Å². The quantitative estimate of drug-likeness (QED) is 0.889. The third kappa shape index (κ3) is 2.27. The van der Waals surface area contributed by atoms with E-state index >= 15 is 0 Å². The molecule has 20 heavy (non-hydrogen) atoms. The highest BCUT2D eigenvalue weighted by molar-refractivity contribution is 5.61. The molecule has 4 nitrogen and oxygen atoms in total. The Balaban J connectivity index is 1.49. The van der Waals surface area contributed by atoms with Crippen LogP contribution in [-0.4, -0.2) is 55.2 Å². The number of benzene rings is 1. The molecule has 3 heterocycles. The molecule has 1 unspecified atom stereocenters. The highest BCUT2D eigenvalue weighted by Gasteiger charge is 2.30. The van der Waals surface area contributed by atoms with Crippen LogP contribution in [0.3, 0.4) is 0 Å². The molecule has 108 valence electrons. The van der Waals surface area contributed by atoms with Crippen LogP contribution < -0.4 is 10.1 Å². The van der Waals surface area contributed by atoms with Crippen molar-refractivity contribution < 1.29 is 4.74 Å². The Kier molecular flexibility index (Phi) is 3.28. The van der Waals surface area contributed by atoms with E-state index in [-0.39, 0.29) is 0 Å². The van der Waals surface area contributed by atoms with Gasteiger partial charge in [-0.25, -0.2) is 0 Å². The summed E-state index contributed by atoms with van der Waals surface area (Å²) < 4.78 is 5.88. The zero-order valence-electron chi connectivity index (χ0n) is 12.0. The minimum Gasteiger partial charge on any atom is -0.489 e. The molecule has 1 aromatic rings. The van der Waals surface area contributed by atoms with Crippen molar-refractivity contribution in [1.82, 2.24) is 9.80 Å². The van der Waals surface area contributed by atoms with Gasteiger partial charge in [0.05, 0.1) is 5.69 Å². The smallest absolute Gasteiger partial charge is 0.146 e. The minimum absolute atomic E-state index is 0.778. The molecule has 3 aliphatic heterocycles. The number of anilines is 1. The average Bonchev–Trinajstić information content (AvgIpc) is 2.95. The summed E-state index contributed by atoms with van der Waals surface area (Å²) in [6, 6.07) is 7.27. The van der Waals surface area contributed by atoms with Gasteiger partial charge in [0, 0.05) is 44.3 Å². The first-order valence-corrected chi connectivity index (χ1v) is 7.85. The van der Waals surface area contributed by atoms with Crippen LogP contribution in [0, 0.1) is 0 Å². The van der Waals surface area contributed by atoms with E-state index in [1.807, 2.05) is 0 Å². The maximum Gasteiger partial charge on any atom is 0.146 e. The second-order valence-electron chi connectivity index (χ2n) is 6.14. The van der Waals surface area contributed by atoms with Crippen LogP contribution >= 0.6 is 0 Å². The monoisotopic (exact) mass is 273 g/mol. The van der Waals surface area contributed by atoms with Crippen LogP contribution in [0.25, 0.3) is 0 Å². The first-order valence-electron chi connectivity index (χ1n) is 7.85. The summed E-state index contributed by atoms with van der Waals surface area (Å²) in [5, 5.41) is 3.43. The molecule has 0 radical (unpaired) electrons. The largest absolute Gasteiger partial charge is 0.489 e. The number of piperazine rings is 1. The van der Waals surface area contributed by atoms with E-state index in [1.165, 1.54) is 44.6 Å². The van der Waals surface area contributed by atoms with Gasteiger partial charge >= 0.3 is 0 Å². The molecule has 1 N–H and O–H groups in total. The molecule has 0 aliphatic carbocycles. The Labute approximate surface area is 120 Å². The van der Waals surface area contributed by atoms with Gasteiger partial charge in [0.1, 0.15) is 12.4 Å². The second-order valence-corrected chi connectivity index (χ2v) is 6.14. The first kappa shape index (κ1) is 12.5. The van der Waals surface area contributed by atoms with Crippen LogP contribution in [-0.2, 0) is 6.54 Å². The fourth-order valence-electron chi connectivity index (χ4n) is 3.80. The average molecular weight is 273 g/mol. The summed E-state index contributed by atoms with van der Waals surface area (Å²) in [5.74, 6) is 1.08. The van der Waals surface area contributed by atoms with Crippen molar-refractivity contribution >= 4 is 5.69 Å². The Morgan fingerprint density at radius 2 is 2.25 bits per heavy atom. The third-order valence-corrected chi connectivity index (χ3v) is 4.83. The van der Waals surface area contributed by atoms with Crippen molar-refractivity contribution in [3.05, 3.63) is 23.8 Å². The van der Waals surface area contributed by atoms with Gasteiger partial charge in [-0.15, -0.1) is 0 Å². The molecule has 0 bridgehead atoms. The fraction of sp³-hybridized carbons (Fsp3) is 0.625. The summed E-state index contributed by atoms with van der Waals surface area (Å²) in [4.78, 5) is 5.26. The zero-order valence-corrected chi connectivity index (χ0v) is 12.0. The number of hydrogen-bond donors (Lipinski definition) is 1. The van der Waals surface area contributed by atoms with E-state index in [0.29, 0.717) is 0 Å². The van der Waals surface area contributed by atoms with Gasteiger partial charge in [-0.1, -0.05) is 12.1 Å². The number of fused-ring (bicyclic) bond motifs is 2. The van der Waals surface area contributed by atoms with Crippen LogP contribution in [0.1, 0.15) is 18.4 Å². The molecule has 0 amide bonds. The fourth-order valence-corrected chi connectivity index (χ4v) is 3.80. The summed E-state index contributed by atoms with van der Waals surface area (Å²) in [5.41, 5.74) is 2.49. The van der Waals surface area contributed by atoms with Crippen LogP contribution in [0.4, 0.5) is 5.69 Å². The number of nitrogens with one attached hydrogen (secondary N) is 1. The van der Waals surface area contributed by atoms with Gasteiger partial charge < -0.3 is 10.1 Å². The Hall–Kier alpha value is -1.26. The first-order chi connectivity index (χ1) is 9.90. The molecule has 1 atom stereocenters. The van der Waals surface area contributed by atoms with Crippen molar-refractivity contribution in [2.45, 2.75) is 25.4 Å². The molecule has 2 fully saturated rings. The molecule has 2 saturated heterocycles. The maximum absolute atomic E-state index is 5.88. The number of ether oxygens (including phenoxy) is 1. The lowest BCUT2D eigenvalue weighted by Crippen LogP contribution is -2.49. The summed E-state index contributed by atoms with van der Waals surface area (Å²) in [7, 11) is 0. The van der Waals surface area contributed by atoms with E-state index in [2.05, 4.69) is 33.3 Å². The minimum atomic E-state index is 0.778. The third-order valence-electron chi connectivity index (χ3n) is 4.83. The van der Waals surface area contributed by atoms with E-state index in [0.717, 1.165) is 37.2 Å². The topological polar surface area (TPSA) is 27.7 Å². The van der Waals surface area contributed by atoms with Gasteiger partial charge in [-0.3, -0.25) is 9.80 Å². The normalized spacial score (nSPS) is 26.5. The SMILES string of the molecule is c1cc(CN2CCN3CCCC3C2)c2c(c1)NCCO2. The van der Waals surface area contributed by atoms with Gasteiger partial charge in [0.15, 0.2) is 0 Å². The predicted octanol–water partition coefficient (Wildman–Crippen LogP) is 1.77. The second kappa shape index (κ2) is 5.26. The van der Waals surface area contributed by atoms with Gasteiger partial charge in [0.2, 0.25) is 0 Å². The Morgan fingerprint density at radius 3 is 3.25 bits per heavy atom. The van der Waals surface area contributed by atoms with E-state index in [1.54, 1.807) is 0 Å². The van der Waals surface area contributed by atoms with Gasteiger partial charge in [-0.05, 0) is 25.5 Å². The standard InChI is InChI=1S/C16H23N3O/c1-3-13(16-15(5-1)17-6-10-20-16)11-18-8-9-19-7-2-4-14(19)12-18/h1,3,5,14,17H,2,4,6-12H2. The summed E-state index contributed by atoms with van der Waals surface area (Å²) in [6.07, 6.45) is 2.76.